The van der Waals surface area contributed by atoms with E-state index in [-0.39, 0.29) is 0 Å². The van der Waals surface area contributed by atoms with E-state index in [1.807, 2.05) is 19.3 Å². The highest BCUT2D eigenvalue weighted by Crippen LogP contribution is 2.22. The van der Waals surface area contributed by atoms with Crippen molar-refractivity contribution in [2.75, 3.05) is 13.6 Å². The maximum absolute atomic E-state index is 8.76. The summed E-state index contributed by atoms with van der Waals surface area (Å²) in [5.41, 5.74) is 1.13. The number of nitriles is 1. The van der Waals surface area contributed by atoms with E-state index in [2.05, 4.69) is 14.9 Å². The Morgan fingerprint density at radius 1 is 1.61 bits per heavy atom. The summed E-state index contributed by atoms with van der Waals surface area (Å²) in [6.45, 7) is 0.968. The topological polar surface area (TPSA) is 52.3 Å². The van der Waals surface area contributed by atoms with Gasteiger partial charge in [-0.05, 0) is 30.9 Å². The molecule has 0 bridgehead atoms. The average Bonchev–Trinajstić information content (AvgIpc) is 2.36. The Balaban J connectivity index is 2.14. The molecule has 0 spiro atoms. The maximum atomic E-state index is 8.76. The summed E-state index contributed by atoms with van der Waals surface area (Å²) in [4.78, 5) is 10.1. The fourth-order valence-corrected chi connectivity index (χ4v) is 2.47. The van der Waals surface area contributed by atoms with Gasteiger partial charge in [0.15, 0.2) is 0 Å². The lowest BCUT2D eigenvalue weighted by Gasteiger charge is -2.32. The monoisotopic (exact) mass is 262 g/mol. The molecule has 1 aliphatic rings. The molecule has 1 aromatic rings. The SMILES string of the molecule is CN1CCCC(Cc2ccc(Cl)nc2)C1=NC#N. The largest absolute Gasteiger partial charge is 0.362 e. The molecule has 18 heavy (non-hydrogen) atoms. The molecule has 1 atom stereocenters. The van der Waals surface area contributed by atoms with Crippen LogP contribution in [0.25, 0.3) is 0 Å². The van der Waals surface area contributed by atoms with Crippen LogP contribution in [0.1, 0.15) is 18.4 Å². The minimum atomic E-state index is 0.298. The summed E-state index contributed by atoms with van der Waals surface area (Å²) in [6, 6.07) is 3.78. The van der Waals surface area contributed by atoms with E-state index in [4.69, 9.17) is 16.9 Å². The number of piperidine rings is 1. The van der Waals surface area contributed by atoms with Gasteiger partial charge in [-0.3, -0.25) is 0 Å². The Hall–Kier alpha value is -1.60. The fourth-order valence-electron chi connectivity index (χ4n) is 2.36. The second-order valence-electron chi connectivity index (χ2n) is 4.52. The summed E-state index contributed by atoms with van der Waals surface area (Å²) in [7, 11) is 1.99. The number of halogens is 1. The molecular formula is C13H15ClN4. The summed E-state index contributed by atoms with van der Waals surface area (Å²) in [6.07, 6.45) is 6.75. The molecule has 2 heterocycles. The van der Waals surface area contributed by atoms with Gasteiger partial charge in [0.2, 0.25) is 6.19 Å². The van der Waals surface area contributed by atoms with E-state index >= 15 is 0 Å². The van der Waals surface area contributed by atoms with Crippen molar-refractivity contribution in [3.63, 3.8) is 0 Å². The molecule has 5 heteroatoms. The van der Waals surface area contributed by atoms with Gasteiger partial charge in [0.1, 0.15) is 11.0 Å². The van der Waals surface area contributed by atoms with Crippen LogP contribution in [-0.4, -0.2) is 29.3 Å². The van der Waals surface area contributed by atoms with Gasteiger partial charge in [0, 0.05) is 25.7 Å². The average molecular weight is 263 g/mol. The lowest BCUT2D eigenvalue weighted by molar-refractivity contribution is 0.375. The highest BCUT2D eigenvalue weighted by molar-refractivity contribution is 6.29. The number of aliphatic imine (C=N–C) groups is 1. The van der Waals surface area contributed by atoms with Crippen LogP contribution < -0.4 is 0 Å². The van der Waals surface area contributed by atoms with Crippen LogP contribution >= 0.6 is 11.6 Å². The van der Waals surface area contributed by atoms with Gasteiger partial charge in [0.25, 0.3) is 0 Å². The zero-order chi connectivity index (χ0) is 13.0. The van der Waals surface area contributed by atoms with Crippen molar-refractivity contribution < 1.29 is 0 Å². The van der Waals surface area contributed by atoms with Gasteiger partial charge >= 0.3 is 0 Å². The molecule has 0 aliphatic carbocycles. The molecule has 1 fully saturated rings. The first-order chi connectivity index (χ1) is 8.70. The van der Waals surface area contributed by atoms with Crippen molar-refractivity contribution in [1.82, 2.24) is 9.88 Å². The third-order valence-electron chi connectivity index (χ3n) is 3.24. The summed E-state index contributed by atoms with van der Waals surface area (Å²) < 4.78 is 0. The van der Waals surface area contributed by atoms with Crippen LogP contribution in [0.3, 0.4) is 0 Å². The van der Waals surface area contributed by atoms with Crippen molar-refractivity contribution in [1.29, 1.82) is 5.26 Å². The van der Waals surface area contributed by atoms with Crippen molar-refractivity contribution in [3.8, 4) is 6.19 Å². The van der Waals surface area contributed by atoms with Crippen LogP contribution in [-0.2, 0) is 6.42 Å². The Morgan fingerprint density at radius 3 is 3.11 bits per heavy atom. The number of hydrogen-bond acceptors (Lipinski definition) is 3. The molecule has 0 radical (unpaired) electrons. The lowest BCUT2D eigenvalue weighted by Crippen LogP contribution is -2.39. The van der Waals surface area contributed by atoms with E-state index in [1.54, 1.807) is 12.3 Å². The smallest absolute Gasteiger partial charge is 0.207 e. The van der Waals surface area contributed by atoms with Crippen LogP contribution in [0.2, 0.25) is 5.15 Å². The third kappa shape index (κ3) is 2.99. The molecule has 0 saturated carbocycles. The number of aromatic nitrogens is 1. The molecule has 1 unspecified atom stereocenters. The first kappa shape index (κ1) is 12.8. The van der Waals surface area contributed by atoms with Crippen molar-refractivity contribution in [3.05, 3.63) is 29.0 Å². The minimum absolute atomic E-state index is 0.298. The first-order valence-electron chi connectivity index (χ1n) is 5.99. The standard InChI is InChI=1S/C13H15ClN4/c1-18-6-2-3-11(13(18)17-9-15)7-10-4-5-12(14)16-8-10/h4-5,8,11H,2-3,6-7H2,1H3. The number of likely N-dealkylation sites (tertiary alicyclic amines) is 1. The molecule has 0 amide bonds. The Morgan fingerprint density at radius 2 is 2.44 bits per heavy atom. The highest BCUT2D eigenvalue weighted by atomic mass is 35.5. The van der Waals surface area contributed by atoms with Gasteiger partial charge in [-0.1, -0.05) is 17.7 Å². The predicted octanol–water partition coefficient (Wildman–Crippen LogP) is 2.50. The van der Waals surface area contributed by atoms with Crippen molar-refractivity contribution in [2.24, 2.45) is 10.9 Å². The Kier molecular flexibility index (Phi) is 4.16. The second kappa shape index (κ2) is 5.83. The van der Waals surface area contributed by atoms with E-state index in [0.717, 1.165) is 37.2 Å². The molecule has 1 aromatic heterocycles. The lowest BCUT2D eigenvalue weighted by atomic mass is 9.91. The number of amidine groups is 1. The van der Waals surface area contributed by atoms with E-state index in [0.29, 0.717) is 11.1 Å². The third-order valence-corrected chi connectivity index (χ3v) is 3.46. The molecule has 4 nitrogen and oxygen atoms in total. The molecule has 94 valence electrons. The van der Waals surface area contributed by atoms with Crippen LogP contribution in [0, 0.1) is 17.4 Å². The Labute approximate surface area is 112 Å². The van der Waals surface area contributed by atoms with Crippen LogP contribution in [0.5, 0.6) is 0 Å². The molecular weight excluding hydrogens is 248 g/mol. The molecule has 1 aliphatic heterocycles. The summed E-state index contributed by atoms with van der Waals surface area (Å²) in [5, 5.41) is 9.27. The van der Waals surface area contributed by atoms with Gasteiger partial charge < -0.3 is 4.90 Å². The van der Waals surface area contributed by atoms with E-state index in [1.165, 1.54) is 0 Å². The number of pyridine rings is 1. The normalized spacial score (nSPS) is 21.9. The Bertz CT molecular complexity index is 475. The summed E-state index contributed by atoms with van der Waals surface area (Å²) in [5.74, 6) is 1.19. The van der Waals surface area contributed by atoms with Gasteiger partial charge in [-0.15, -0.1) is 0 Å². The zero-order valence-electron chi connectivity index (χ0n) is 10.3. The molecule has 0 aromatic carbocycles. The van der Waals surface area contributed by atoms with Gasteiger partial charge in [0.05, 0.1) is 0 Å². The molecule has 0 N–H and O–H groups in total. The van der Waals surface area contributed by atoms with E-state index in [9.17, 15) is 0 Å². The fraction of sp³-hybridized carbons (Fsp3) is 0.462. The maximum Gasteiger partial charge on any atom is 0.207 e. The molecule has 2 rings (SSSR count). The number of nitrogens with zero attached hydrogens (tertiary/aromatic N) is 4. The zero-order valence-corrected chi connectivity index (χ0v) is 11.1. The highest BCUT2D eigenvalue weighted by Gasteiger charge is 2.24. The molecule has 1 saturated heterocycles. The summed E-state index contributed by atoms with van der Waals surface area (Å²) >= 11 is 5.77. The van der Waals surface area contributed by atoms with E-state index < -0.39 is 0 Å². The van der Waals surface area contributed by atoms with Crippen LogP contribution in [0.4, 0.5) is 0 Å². The predicted molar refractivity (Wildman–Crippen MR) is 71.4 cm³/mol. The first-order valence-corrected chi connectivity index (χ1v) is 6.36. The minimum Gasteiger partial charge on any atom is -0.362 e. The van der Waals surface area contributed by atoms with Crippen molar-refractivity contribution in [2.45, 2.75) is 19.3 Å². The number of hydrogen-bond donors (Lipinski definition) is 0. The van der Waals surface area contributed by atoms with Gasteiger partial charge in [-0.2, -0.15) is 10.3 Å². The second-order valence-corrected chi connectivity index (χ2v) is 4.91. The van der Waals surface area contributed by atoms with Crippen molar-refractivity contribution >= 4 is 17.4 Å². The quantitative estimate of drug-likeness (QED) is 0.608. The van der Waals surface area contributed by atoms with Gasteiger partial charge in [-0.25, -0.2) is 4.98 Å². The number of rotatable bonds is 2. The van der Waals surface area contributed by atoms with Crippen LogP contribution in [0.15, 0.2) is 23.3 Å².